The highest BCUT2D eigenvalue weighted by Gasteiger charge is 2.07. The first-order valence-corrected chi connectivity index (χ1v) is 4.35. The molecule has 11 heavy (non-hydrogen) atoms. The fourth-order valence-electron chi connectivity index (χ4n) is 0.788. The Bertz CT molecular complexity index is 184. The normalized spacial score (nSPS) is 10.8. The molecule has 0 amide bonds. The Morgan fingerprint density at radius 1 is 1.45 bits per heavy atom. The maximum atomic E-state index is 8.74. The summed E-state index contributed by atoms with van der Waals surface area (Å²) in [6.45, 7) is 0.0478. The average Bonchev–Trinajstić information content (AvgIpc) is 2.52. The van der Waals surface area contributed by atoms with Crippen LogP contribution in [0.4, 0.5) is 0 Å². The van der Waals surface area contributed by atoms with E-state index in [4.69, 9.17) is 10.2 Å². The van der Waals surface area contributed by atoms with Crippen molar-refractivity contribution in [2.24, 2.45) is 5.92 Å². The highest BCUT2D eigenvalue weighted by Crippen LogP contribution is 2.10. The Labute approximate surface area is 69.3 Å². The van der Waals surface area contributed by atoms with Crippen molar-refractivity contribution in [3.8, 4) is 0 Å². The van der Waals surface area contributed by atoms with Gasteiger partial charge >= 0.3 is 0 Å². The van der Waals surface area contributed by atoms with Gasteiger partial charge in [-0.15, -0.1) is 11.3 Å². The molecule has 2 N–H and O–H groups in total. The number of aliphatic hydroxyl groups is 2. The van der Waals surface area contributed by atoms with Gasteiger partial charge in [-0.3, -0.25) is 0 Å². The standard InChI is InChI=1S/C7H11NO2S/c9-4-6(5-10)3-7-8-1-2-11-7/h1-2,6,9-10H,3-5H2. The molecule has 1 aromatic rings. The average molecular weight is 173 g/mol. The zero-order valence-electron chi connectivity index (χ0n) is 6.10. The Balaban J connectivity index is 2.41. The van der Waals surface area contributed by atoms with Crippen molar-refractivity contribution < 1.29 is 10.2 Å². The molecular weight excluding hydrogens is 162 g/mol. The lowest BCUT2D eigenvalue weighted by Gasteiger charge is -2.06. The van der Waals surface area contributed by atoms with Crippen LogP contribution in [0.2, 0.25) is 0 Å². The van der Waals surface area contributed by atoms with E-state index in [9.17, 15) is 0 Å². The van der Waals surface area contributed by atoms with E-state index in [-0.39, 0.29) is 19.1 Å². The third-order valence-electron chi connectivity index (χ3n) is 1.46. The summed E-state index contributed by atoms with van der Waals surface area (Å²) in [6, 6.07) is 0. The minimum absolute atomic E-state index is 0.0239. The highest BCUT2D eigenvalue weighted by molar-refractivity contribution is 7.09. The number of hydrogen-bond donors (Lipinski definition) is 2. The van der Waals surface area contributed by atoms with Crippen LogP contribution < -0.4 is 0 Å². The number of thiazole rings is 1. The van der Waals surface area contributed by atoms with Gasteiger partial charge in [-0.2, -0.15) is 0 Å². The van der Waals surface area contributed by atoms with E-state index < -0.39 is 0 Å². The maximum Gasteiger partial charge on any atom is 0.0929 e. The molecule has 1 rings (SSSR count). The summed E-state index contributed by atoms with van der Waals surface area (Å²) < 4.78 is 0. The molecule has 0 spiro atoms. The Morgan fingerprint density at radius 2 is 2.18 bits per heavy atom. The van der Waals surface area contributed by atoms with Crippen LogP contribution in [0.3, 0.4) is 0 Å². The fourth-order valence-corrected chi connectivity index (χ4v) is 1.52. The van der Waals surface area contributed by atoms with Gasteiger partial charge < -0.3 is 10.2 Å². The molecule has 0 aliphatic heterocycles. The van der Waals surface area contributed by atoms with Crippen LogP contribution in [-0.4, -0.2) is 28.4 Å². The molecule has 62 valence electrons. The van der Waals surface area contributed by atoms with Crippen molar-refractivity contribution in [2.45, 2.75) is 6.42 Å². The van der Waals surface area contributed by atoms with E-state index >= 15 is 0 Å². The molecule has 0 atom stereocenters. The van der Waals surface area contributed by atoms with Crippen molar-refractivity contribution in [3.63, 3.8) is 0 Å². The van der Waals surface area contributed by atoms with Gasteiger partial charge in [0.05, 0.1) is 5.01 Å². The Hall–Kier alpha value is -0.450. The van der Waals surface area contributed by atoms with Crippen molar-refractivity contribution in [1.29, 1.82) is 0 Å². The van der Waals surface area contributed by atoms with Crippen LogP contribution in [0.5, 0.6) is 0 Å². The molecule has 1 heterocycles. The molecule has 0 aliphatic carbocycles. The molecule has 0 saturated heterocycles. The van der Waals surface area contributed by atoms with Crippen LogP contribution in [-0.2, 0) is 6.42 Å². The number of hydrogen-bond acceptors (Lipinski definition) is 4. The monoisotopic (exact) mass is 173 g/mol. The zero-order valence-corrected chi connectivity index (χ0v) is 6.92. The molecule has 0 fully saturated rings. The first kappa shape index (κ1) is 8.64. The minimum Gasteiger partial charge on any atom is -0.396 e. The van der Waals surface area contributed by atoms with Gasteiger partial charge in [-0.1, -0.05) is 0 Å². The molecule has 0 bridgehead atoms. The van der Waals surface area contributed by atoms with Gasteiger partial charge in [0.2, 0.25) is 0 Å². The largest absolute Gasteiger partial charge is 0.396 e. The van der Waals surface area contributed by atoms with Gasteiger partial charge in [0.15, 0.2) is 0 Å². The van der Waals surface area contributed by atoms with Crippen LogP contribution >= 0.6 is 11.3 Å². The number of rotatable bonds is 4. The summed E-state index contributed by atoms with van der Waals surface area (Å²) in [5, 5.41) is 20.3. The first-order valence-electron chi connectivity index (χ1n) is 3.47. The van der Waals surface area contributed by atoms with Crippen LogP contribution in [0.25, 0.3) is 0 Å². The first-order chi connectivity index (χ1) is 5.36. The predicted molar refractivity (Wildman–Crippen MR) is 43.5 cm³/mol. The van der Waals surface area contributed by atoms with E-state index in [1.807, 2.05) is 5.38 Å². The molecule has 0 aliphatic rings. The molecule has 4 heteroatoms. The van der Waals surface area contributed by atoms with Crippen molar-refractivity contribution in [2.75, 3.05) is 13.2 Å². The number of aliphatic hydroxyl groups excluding tert-OH is 2. The van der Waals surface area contributed by atoms with E-state index in [0.29, 0.717) is 6.42 Å². The zero-order chi connectivity index (χ0) is 8.10. The smallest absolute Gasteiger partial charge is 0.0929 e. The Morgan fingerprint density at radius 3 is 2.64 bits per heavy atom. The van der Waals surface area contributed by atoms with Gasteiger partial charge in [-0.25, -0.2) is 4.98 Å². The second-order valence-corrected chi connectivity index (χ2v) is 3.34. The molecular formula is C7H11NO2S. The number of aromatic nitrogens is 1. The third kappa shape index (κ3) is 2.57. The van der Waals surface area contributed by atoms with Crippen LogP contribution in [0, 0.1) is 5.92 Å². The summed E-state index contributed by atoms with van der Waals surface area (Å²) in [7, 11) is 0. The third-order valence-corrected chi connectivity index (χ3v) is 2.27. The molecule has 0 unspecified atom stereocenters. The van der Waals surface area contributed by atoms with E-state index in [1.165, 1.54) is 0 Å². The summed E-state index contributed by atoms with van der Waals surface area (Å²) >= 11 is 1.55. The van der Waals surface area contributed by atoms with E-state index in [2.05, 4.69) is 4.98 Å². The van der Waals surface area contributed by atoms with Crippen LogP contribution in [0.1, 0.15) is 5.01 Å². The lowest BCUT2D eigenvalue weighted by atomic mass is 10.1. The van der Waals surface area contributed by atoms with Crippen LogP contribution in [0.15, 0.2) is 11.6 Å². The van der Waals surface area contributed by atoms with Crippen molar-refractivity contribution in [3.05, 3.63) is 16.6 Å². The van der Waals surface area contributed by atoms with Gasteiger partial charge in [0.25, 0.3) is 0 Å². The SMILES string of the molecule is OCC(CO)Cc1nccs1. The topological polar surface area (TPSA) is 53.4 Å². The van der Waals surface area contributed by atoms with Gasteiger partial charge in [0.1, 0.15) is 0 Å². The van der Waals surface area contributed by atoms with E-state index in [0.717, 1.165) is 5.01 Å². The van der Waals surface area contributed by atoms with Gasteiger partial charge in [0, 0.05) is 37.1 Å². The molecule has 1 aromatic heterocycles. The summed E-state index contributed by atoms with van der Waals surface area (Å²) in [5.74, 6) is -0.0545. The van der Waals surface area contributed by atoms with Crippen molar-refractivity contribution in [1.82, 2.24) is 4.98 Å². The molecule has 0 radical (unpaired) electrons. The molecule has 3 nitrogen and oxygen atoms in total. The van der Waals surface area contributed by atoms with E-state index in [1.54, 1.807) is 17.5 Å². The lowest BCUT2D eigenvalue weighted by Crippen LogP contribution is -2.13. The number of nitrogens with zero attached hydrogens (tertiary/aromatic N) is 1. The fraction of sp³-hybridized carbons (Fsp3) is 0.571. The predicted octanol–water partition coefficient (Wildman–Crippen LogP) is 0.286. The lowest BCUT2D eigenvalue weighted by molar-refractivity contribution is 0.150. The maximum absolute atomic E-state index is 8.74. The summed E-state index contributed by atoms with van der Waals surface area (Å²) in [4.78, 5) is 4.05. The second kappa shape index (κ2) is 4.43. The Kier molecular flexibility index (Phi) is 3.48. The summed E-state index contributed by atoms with van der Waals surface area (Å²) in [6.07, 6.45) is 2.40. The quantitative estimate of drug-likeness (QED) is 0.688. The molecule has 0 saturated carbocycles. The summed E-state index contributed by atoms with van der Waals surface area (Å²) in [5.41, 5.74) is 0. The molecule has 0 aromatic carbocycles. The highest BCUT2D eigenvalue weighted by atomic mass is 32.1. The minimum atomic E-state index is -0.0545. The van der Waals surface area contributed by atoms with Crippen molar-refractivity contribution >= 4 is 11.3 Å². The van der Waals surface area contributed by atoms with Gasteiger partial charge in [-0.05, 0) is 0 Å². The second-order valence-electron chi connectivity index (χ2n) is 2.36.